The van der Waals surface area contributed by atoms with Crippen molar-refractivity contribution in [3.8, 4) is 5.75 Å². The normalized spacial score (nSPS) is 9.94. The van der Waals surface area contributed by atoms with Gasteiger partial charge in [-0.15, -0.1) is 0 Å². The SMILES string of the molecule is CCOc1ccc(CCN(C)C(=O)S)cc1. The van der Waals surface area contributed by atoms with Gasteiger partial charge in [-0.3, -0.25) is 4.79 Å². The lowest BCUT2D eigenvalue weighted by molar-refractivity contribution is 0.234. The number of carbonyl (C=O) groups is 1. The average Bonchev–Trinajstić information content (AvgIpc) is 2.28. The van der Waals surface area contributed by atoms with E-state index in [1.807, 2.05) is 31.2 Å². The second kappa shape index (κ2) is 6.43. The van der Waals surface area contributed by atoms with Gasteiger partial charge in [-0.05, 0) is 31.0 Å². The molecule has 0 atom stereocenters. The second-order valence-electron chi connectivity index (χ2n) is 3.53. The molecular formula is C12H17NO2S. The number of amides is 1. The Bertz CT molecular complexity index is 337. The van der Waals surface area contributed by atoms with Gasteiger partial charge in [0.1, 0.15) is 5.75 Å². The van der Waals surface area contributed by atoms with Crippen LogP contribution in [0, 0.1) is 0 Å². The molecule has 0 aliphatic heterocycles. The first-order valence-electron chi connectivity index (χ1n) is 5.29. The molecule has 3 nitrogen and oxygen atoms in total. The van der Waals surface area contributed by atoms with Gasteiger partial charge in [-0.1, -0.05) is 24.8 Å². The van der Waals surface area contributed by atoms with Crippen LogP contribution in [0.4, 0.5) is 4.79 Å². The second-order valence-corrected chi connectivity index (χ2v) is 3.91. The van der Waals surface area contributed by atoms with Crippen LogP contribution in [0.3, 0.4) is 0 Å². The summed E-state index contributed by atoms with van der Waals surface area (Å²) in [6, 6.07) is 7.92. The van der Waals surface area contributed by atoms with E-state index in [0.717, 1.165) is 12.2 Å². The van der Waals surface area contributed by atoms with Gasteiger partial charge < -0.3 is 9.64 Å². The number of nitrogens with zero attached hydrogens (tertiary/aromatic N) is 1. The van der Waals surface area contributed by atoms with Gasteiger partial charge in [0.25, 0.3) is 5.24 Å². The highest BCUT2D eigenvalue weighted by atomic mass is 32.1. The van der Waals surface area contributed by atoms with Crippen LogP contribution in [0.2, 0.25) is 0 Å². The fourth-order valence-electron chi connectivity index (χ4n) is 1.31. The maximum atomic E-state index is 10.9. The predicted molar refractivity (Wildman–Crippen MR) is 68.3 cm³/mol. The molecule has 0 aliphatic carbocycles. The zero-order valence-corrected chi connectivity index (χ0v) is 10.5. The number of hydrogen-bond donors (Lipinski definition) is 1. The summed E-state index contributed by atoms with van der Waals surface area (Å²) in [5.74, 6) is 0.880. The van der Waals surface area contributed by atoms with Gasteiger partial charge in [0, 0.05) is 13.6 Å². The molecular weight excluding hydrogens is 222 g/mol. The lowest BCUT2D eigenvalue weighted by Gasteiger charge is -2.13. The Morgan fingerprint density at radius 3 is 2.50 bits per heavy atom. The summed E-state index contributed by atoms with van der Waals surface area (Å²) in [4.78, 5) is 12.5. The van der Waals surface area contributed by atoms with Crippen LogP contribution >= 0.6 is 12.6 Å². The molecule has 1 aromatic rings. The molecule has 0 heterocycles. The Kier molecular flexibility index (Phi) is 5.19. The molecule has 0 aromatic heterocycles. The minimum absolute atomic E-state index is 0.203. The highest BCUT2D eigenvalue weighted by Gasteiger charge is 2.03. The molecule has 1 amide bonds. The van der Waals surface area contributed by atoms with Crippen molar-refractivity contribution in [3.63, 3.8) is 0 Å². The first-order chi connectivity index (χ1) is 7.63. The van der Waals surface area contributed by atoms with Crippen molar-refractivity contribution in [1.82, 2.24) is 4.90 Å². The van der Waals surface area contributed by atoms with Crippen LogP contribution in [-0.2, 0) is 6.42 Å². The van der Waals surface area contributed by atoms with Gasteiger partial charge in [-0.25, -0.2) is 0 Å². The fourth-order valence-corrected chi connectivity index (χ4v) is 1.41. The molecule has 0 aliphatic rings. The topological polar surface area (TPSA) is 29.5 Å². The molecule has 0 radical (unpaired) electrons. The third-order valence-corrected chi connectivity index (χ3v) is 2.64. The van der Waals surface area contributed by atoms with Crippen molar-refractivity contribution in [2.24, 2.45) is 0 Å². The third-order valence-electron chi connectivity index (χ3n) is 2.30. The van der Waals surface area contributed by atoms with Crippen LogP contribution in [-0.4, -0.2) is 30.3 Å². The summed E-state index contributed by atoms with van der Waals surface area (Å²) in [5, 5.41) is -0.203. The fraction of sp³-hybridized carbons (Fsp3) is 0.417. The third kappa shape index (κ3) is 4.14. The van der Waals surface area contributed by atoms with Crippen LogP contribution in [0.5, 0.6) is 5.75 Å². The van der Waals surface area contributed by atoms with Crippen LogP contribution in [0.25, 0.3) is 0 Å². The maximum Gasteiger partial charge on any atom is 0.278 e. The first kappa shape index (κ1) is 12.9. The minimum Gasteiger partial charge on any atom is -0.494 e. The average molecular weight is 239 g/mol. The number of rotatable bonds is 5. The summed E-state index contributed by atoms with van der Waals surface area (Å²) in [6.45, 7) is 3.31. The molecule has 0 unspecified atom stereocenters. The van der Waals surface area contributed by atoms with Gasteiger partial charge in [0.2, 0.25) is 0 Å². The first-order valence-corrected chi connectivity index (χ1v) is 5.74. The number of benzene rings is 1. The van der Waals surface area contributed by atoms with E-state index in [1.54, 1.807) is 11.9 Å². The quantitative estimate of drug-likeness (QED) is 0.800. The lowest BCUT2D eigenvalue weighted by atomic mass is 10.1. The van der Waals surface area contributed by atoms with E-state index < -0.39 is 0 Å². The number of carbonyl (C=O) groups excluding carboxylic acids is 1. The van der Waals surface area contributed by atoms with Crippen molar-refractivity contribution < 1.29 is 9.53 Å². The molecule has 0 saturated carbocycles. The van der Waals surface area contributed by atoms with E-state index in [0.29, 0.717) is 13.2 Å². The molecule has 16 heavy (non-hydrogen) atoms. The zero-order valence-electron chi connectivity index (χ0n) is 9.64. The Labute approximate surface area is 102 Å². The monoisotopic (exact) mass is 239 g/mol. The van der Waals surface area contributed by atoms with E-state index >= 15 is 0 Å². The Balaban J connectivity index is 2.46. The molecule has 4 heteroatoms. The standard InChI is InChI=1S/C12H17NO2S/c1-3-15-11-6-4-10(5-7-11)8-9-13(2)12(14)16/h4-7H,3,8-9H2,1-2H3,(H,14,16). The molecule has 0 spiro atoms. The lowest BCUT2D eigenvalue weighted by Crippen LogP contribution is -2.23. The summed E-state index contributed by atoms with van der Waals surface area (Å²) >= 11 is 3.75. The van der Waals surface area contributed by atoms with E-state index in [2.05, 4.69) is 12.6 Å². The summed E-state index contributed by atoms with van der Waals surface area (Å²) in [6.07, 6.45) is 0.829. The molecule has 1 rings (SSSR count). The molecule has 0 N–H and O–H groups in total. The summed E-state index contributed by atoms with van der Waals surface area (Å²) < 4.78 is 5.35. The minimum atomic E-state index is -0.203. The molecule has 0 bridgehead atoms. The predicted octanol–water partition coefficient (Wildman–Crippen LogP) is 2.61. The van der Waals surface area contributed by atoms with Gasteiger partial charge in [0.15, 0.2) is 0 Å². The van der Waals surface area contributed by atoms with Crippen molar-refractivity contribution >= 4 is 17.9 Å². The summed E-state index contributed by atoms with van der Waals surface area (Å²) in [7, 11) is 1.74. The Hall–Kier alpha value is -1.16. The van der Waals surface area contributed by atoms with Crippen molar-refractivity contribution in [1.29, 1.82) is 0 Å². The van der Waals surface area contributed by atoms with Gasteiger partial charge in [0.05, 0.1) is 6.61 Å². The molecule has 1 aromatic carbocycles. The van der Waals surface area contributed by atoms with E-state index in [-0.39, 0.29) is 5.24 Å². The Morgan fingerprint density at radius 2 is 2.00 bits per heavy atom. The number of ether oxygens (including phenoxy) is 1. The van der Waals surface area contributed by atoms with Crippen molar-refractivity contribution in [2.45, 2.75) is 13.3 Å². The van der Waals surface area contributed by atoms with Crippen molar-refractivity contribution in [3.05, 3.63) is 29.8 Å². The Morgan fingerprint density at radius 1 is 1.38 bits per heavy atom. The number of hydrogen-bond acceptors (Lipinski definition) is 2. The maximum absolute atomic E-state index is 10.9. The summed E-state index contributed by atoms with van der Waals surface area (Å²) in [5.41, 5.74) is 1.19. The zero-order chi connectivity index (χ0) is 12.0. The smallest absolute Gasteiger partial charge is 0.278 e. The van der Waals surface area contributed by atoms with E-state index in [4.69, 9.17) is 4.74 Å². The van der Waals surface area contributed by atoms with E-state index in [1.165, 1.54) is 5.56 Å². The van der Waals surface area contributed by atoms with Crippen molar-refractivity contribution in [2.75, 3.05) is 20.2 Å². The van der Waals surface area contributed by atoms with Gasteiger partial charge in [-0.2, -0.15) is 0 Å². The highest BCUT2D eigenvalue weighted by molar-refractivity contribution is 7.96. The molecule has 0 saturated heterocycles. The van der Waals surface area contributed by atoms with Crippen LogP contribution < -0.4 is 4.74 Å². The largest absolute Gasteiger partial charge is 0.494 e. The van der Waals surface area contributed by atoms with Crippen LogP contribution in [0.15, 0.2) is 24.3 Å². The number of thiol groups is 1. The molecule has 88 valence electrons. The molecule has 0 fully saturated rings. The number of likely N-dealkylation sites (N-methyl/N-ethyl adjacent to an activating group) is 1. The highest BCUT2D eigenvalue weighted by Crippen LogP contribution is 2.12. The van der Waals surface area contributed by atoms with E-state index in [9.17, 15) is 4.79 Å². The van der Waals surface area contributed by atoms with Crippen LogP contribution in [0.1, 0.15) is 12.5 Å². The van der Waals surface area contributed by atoms with Gasteiger partial charge >= 0.3 is 0 Å².